The van der Waals surface area contributed by atoms with Crippen LogP contribution in [0.3, 0.4) is 0 Å². The monoisotopic (exact) mass is 283 g/mol. The summed E-state index contributed by atoms with van der Waals surface area (Å²) in [7, 11) is -3.83. The van der Waals surface area contributed by atoms with E-state index in [1.54, 1.807) is 17.7 Å². The molecule has 0 bridgehead atoms. The molecule has 2 aromatic rings. The van der Waals surface area contributed by atoms with Crippen LogP contribution in [0.25, 0.3) is 0 Å². The van der Waals surface area contributed by atoms with Crippen LogP contribution in [-0.2, 0) is 16.6 Å². The molecule has 0 aliphatic carbocycles. The van der Waals surface area contributed by atoms with E-state index in [0.29, 0.717) is 12.2 Å². The van der Waals surface area contributed by atoms with E-state index in [0.717, 1.165) is 0 Å². The first-order chi connectivity index (χ1) is 8.95. The van der Waals surface area contributed by atoms with Gasteiger partial charge in [-0.2, -0.15) is 5.10 Å². The molecule has 5 nitrogen and oxygen atoms in total. The maximum Gasteiger partial charge on any atom is 0.265 e. The van der Waals surface area contributed by atoms with Gasteiger partial charge < -0.3 is 0 Å². The van der Waals surface area contributed by atoms with Crippen LogP contribution in [0.5, 0.6) is 0 Å². The van der Waals surface area contributed by atoms with E-state index in [2.05, 4.69) is 9.82 Å². The summed E-state index contributed by atoms with van der Waals surface area (Å²) in [5.41, 5.74) is 0.442. The Kier molecular flexibility index (Phi) is 3.57. The molecule has 0 amide bonds. The summed E-state index contributed by atoms with van der Waals surface area (Å²) >= 11 is 0. The van der Waals surface area contributed by atoms with Crippen molar-refractivity contribution in [3.8, 4) is 0 Å². The van der Waals surface area contributed by atoms with Gasteiger partial charge in [0.25, 0.3) is 10.0 Å². The SMILES string of the molecule is CCn1ncc(S(=O)(=O)Nc2ccccc2F)c1C. The minimum atomic E-state index is -3.83. The normalized spacial score (nSPS) is 11.5. The number of hydrogen-bond donors (Lipinski definition) is 1. The minimum Gasteiger partial charge on any atom is -0.277 e. The van der Waals surface area contributed by atoms with Gasteiger partial charge in [0, 0.05) is 6.54 Å². The second-order valence-corrected chi connectivity index (χ2v) is 5.65. The molecule has 0 aliphatic heterocycles. The van der Waals surface area contributed by atoms with Gasteiger partial charge in [-0.3, -0.25) is 9.40 Å². The van der Waals surface area contributed by atoms with Crippen LogP contribution in [0.1, 0.15) is 12.6 Å². The number of sulfonamides is 1. The lowest BCUT2D eigenvalue weighted by Gasteiger charge is -2.08. The van der Waals surface area contributed by atoms with Crippen molar-refractivity contribution in [1.82, 2.24) is 9.78 Å². The Morgan fingerprint density at radius 1 is 1.37 bits per heavy atom. The number of nitrogens with one attached hydrogen (secondary N) is 1. The number of benzene rings is 1. The number of halogens is 1. The molecule has 0 spiro atoms. The smallest absolute Gasteiger partial charge is 0.265 e. The van der Waals surface area contributed by atoms with Crippen molar-refractivity contribution in [2.24, 2.45) is 0 Å². The Labute approximate surface area is 111 Å². The Morgan fingerprint density at radius 3 is 2.63 bits per heavy atom. The van der Waals surface area contributed by atoms with Gasteiger partial charge in [0.1, 0.15) is 10.7 Å². The van der Waals surface area contributed by atoms with E-state index < -0.39 is 15.8 Å². The van der Waals surface area contributed by atoms with Crippen LogP contribution in [0.4, 0.5) is 10.1 Å². The first-order valence-electron chi connectivity index (χ1n) is 5.75. The average molecular weight is 283 g/mol. The predicted octanol–water partition coefficient (Wildman–Crippen LogP) is 2.15. The van der Waals surface area contributed by atoms with Crippen molar-refractivity contribution in [3.63, 3.8) is 0 Å². The zero-order chi connectivity index (χ0) is 14.0. The Morgan fingerprint density at radius 2 is 2.05 bits per heavy atom. The van der Waals surface area contributed by atoms with Crippen molar-refractivity contribution in [1.29, 1.82) is 0 Å². The second-order valence-electron chi connectivity index (χ2n) is 4.00. The summed E-state index contributed by atoms with van der Waals surface area (Å²) in [5.74, 6) is -0.619. The third-order valence-corrected chi connectivity index (χ3v) is 4.23. The molecule has 0 saturated carbocycles. The molecule has 102 valence electrons. The number of aryl methyl sites for hydroxylation is 1. The molecule has 0 fully saturated rings. The van der Waals surface area contributed by atoms with Gasteiger partial charge in [0.2, 0.25) is 0 Å². The molecule has 2 rings (SSSR count). The van der Waals surface area contributed by atoms with Gasteiger partial charge >= 0.3 is 0 Å². The van der Waals surface area contributed by atoms with E-state index in [-0.39, 0.29) is 10.6 Å². The molecule has 0 unspecified atom stereocenters. The molecule has 0 radical (unpaired) electrons. The number of rotatable bonds is 4. The van der Waals surface area contributed by atoms with E-state index in [1.165, 1.54) is 24.4 Å². The van der Waals surface area contributed by atoms with E-state index in [4.69, 9.17) is 0 Å². The van der Waals surface area contributed by atoms with Crippen molar-refractivity contribution in [2.45, 2.75) is 25.3 Å². The maximum atomic E-state index is 13.5. The lowest BCUT2D eigenvalue weighted by Crippen LogP contribution is -2.15. The molecule has 0 saturated heterocycles. The summed E-state index contributed by atoms with van der Waals surface area (Å²) < 4.78 is 41.6. The van der Waals surface area contributed by atoms with Gasteiger partial charge in [-0.25, -0.2) is 12.8 Å². The van der Waals surface area contributed by atoms with Gasteiger partial charge in [-0.1, -0.05) is 12.1 Å². The van der Waals surface area contributed by atoms with Crippen molar-refractivity contribution < 1.29 is 12.8 Å². The molecule has 19 heavy (non-hydrogen) atoms. The summed E-state index contributed by atoms with van der Waals surface area (Å²) in [5, 5.41) is 3.97. The fraction of sp³-hybridized carbons (Fsp3) is 0.250. The summed E-state index contributed by atoms with van der Waals surface area (Å²) in [4.78, 5) is 0.0533. The van der Waals surface area contributed by atoms with Gasteiger partial charge in [-0.15, -0.1) is 0 Å². The lowest BCUT2D eigenvalue weighted by atomic mass is 10.3. The highest BCUT2D eigenvalue weighted by Gasteiger charge is 2.21. The molecule has 7 heteroatoms. The summed E-state index contributed by atoms with van der Waals surface area (Å²) in [6.07, 6.45) is 1.27. The van der Waals surface area contributed by atoms with E-state index in [1.807, 2.05) is 6.92 Å². The van der Waals surface area contributed by atoms with Crippen LogP contribution in [0.2, 0.25) is 0 Å². The molecule has 0 atom stereocenters. The Bertz CT molecular complexity index is 695. The number of anilines is 1. The highest BCUT2D eigenvalue weighted by molar-refractivity contribution is 7.92. The van der Waals surface area contributed by atoms with Crippen LogP contribution >= 0.6 is 0 Å². The number of para-hydroxylation sites is 1. The highest BCUT2D eigenvalue weighted by Crippen LogP contribution is 2.20. The zero-order valence-corrected chi connectivity index (χ0v) is 11.4. The molecule has 1 heterocycles. The maximum absolute atomic E-state index is 13.5. The number of nitrogens with zero attached hydrogens (tertiary/aromatic N) is 2. The minimum absolute atomic E-state index is 0.0533. The fourth-order valence-corrected chi connectivity index (χ4v) is 3.00. The van der Waals surface area contributed by atoms with Crippen molar-refractivity contribution >= 4 is 15.7 Å². The number of hydrogen-bond acceptors (Lipinski definition) is 3. The van der Waals surface area contributed by atoms with Crippen LogP contribution in [0, 0.1) is 12.7 Å². The second kappa shape index (κ2) is 5.00. The Balaban J connectivity index is 2.38. The third-order valence-electron chi connectivity index (χ3n) is 2.77. The molecular formula is C12H14FN3O2S. The Hall–Kier alpha value is -1.89. The van der Waals surface area contributed by atoms with Crippen LogP contribution in [-0.4, -0.2) is 18.2 Å². The van der Waals surface area contributed by atoms with Crippen molar-refractivity contribution in [2.75, 3.05) is 4.72 Å². The molecule has 0 aliphatic rings. The van der Waals surface area contributed by atoms with Gasteiger partial charge in [0.15, 0.2) is 0 Å². The number of aromatic nitrogens is 2. The first kappa shape index (κ1) is 13.5. The standard InChI is InChI=1S/C12H14FN3O2S/c1-3-16-9(2)12(8-14-16)19(17,18)15-11-7-5-4-6-10(11)13/h4-8,15H,3H2,1-2H3. The van der Waals surface area contributed by atoms with Crippen LogP contribution < -0.4 is 4.72 Å². The summed E-state index contributed by atoms with van der Waals surface area (Å²) in [6.45, 7) is 4.09. The quantitative estimate of drug-likeness (QED) is 0.935. The average Bonchev–Trinajstić information content (AvgIpc) is 2.74. The predicted molar refractivity (Wildman–Crippen MR) is 69.8 cm³/mol. The topological polar surface area (TPSA) is 64.0 Å². The van der Waals surface area contributed by atoms with E-state index >= 15 is 0 Å². The molecule has 1 aromatic heterocycles. The zero-order valence-electron chi connectivity index (χ0n) is 10.6. The largest absolute Gasteiger partial charge is 0.277 e. The van der Waals surface area contributed by atoms with E-state index in [9.17, 15) is 12.8 Å². The fourth-order valence-electron chi connectivity index (χ4n) is 1.76. The molecule has 1 aromatic carbocycles. The van der Waals surface area contributed by atoms with Crippen molar-refractivity contribution in [3.05, 3.63) is 42.0 Å². The molecule has 1 N–H and O–H groups in total. The van der Waals surface area contributed by atoms with Gasteiger partial charge in [-0.05, 0) is 26.0 Å². The highest BCUT2D eigenvalue weighted by atomic mass is 32.2. The van der Waals surface area contributed by atoms with Gasteiger partial charge in [0.05, 0.1) is 17.6 Å². The summed E-state index contributed by atoms with van der Waals surface area (Å²) in [6, 6.07) is 5.61. The third kappa shape index (κ3) is 2.60. The lowest BCUT2D eigenvalue weighted by molar-refractivity contribution is 0.596. The van der Waals surface area contributed by atoms with Crippen LogP contribution in [0.15, 0.2) is 35.4 Å². The molecular weight excluding hydrogens is 269 g/mol. The first-order valence-corrected chi connectivity index (χ1v) is 7.23.